The van der Waals surface area contributed by atoms with Crippen LogP contribution in [0.1, 0.15) is 25.1 Å². The Balaban J connectivity index is 2.50. The number of esters is 1. The molecule has 0 spiro atoms. The van der Waals surface area contributed by atoms with Crippen LogP contribution in [0.3, 0.4) is 0 Å². The van der Waals surface area contributed by atoms with Crippen molar-refractivity contribution in [1.29, 1.82) is 0 Å². The maximum Gasteiger partial charge on any atom is 0.307 e. The largest absolute Gasteiger partial charge is 0.466 e. The van der Waals surface area contributed by atoms with Gasteiger partial charge in [0.15, 0.2) is 5.22 Å². The summed E-state index contributed by atoms with van der Waals surface area (Å²) < 4.78 is 9.80. The van der Waals surface area contributed by atoms with E-state index in [0.29, 0.717) is 12.4 Å². The number of rotatable bonds is 4. The van der Waals surface area contributed by atoms with Gasteiger partial charge in [-0.1, -0.05) is 0 Å². The minimum Gasteiger partial charge on any atom is -0.466 e. The third-order valence-corrected chi connectivity index (χ3v) is 1.85. The molecule has 0 saturated heterocycles. The molecule has 0 fully saturated rings. The average Bonchev–Trinajstić information content (AvgIpc) is 2.52. The van der Waals surface area contributed by atoms with E-state index in [4.69, 9.17) is 26.5 Å². The fourth-order valence-corrected chi connectivity index (χ4v) is 1.18. The van der Waals surface area contributed by atoms with Crippen molar-refractivity contribution < 1.29 is 13.9 Å². The standard InChI is InChI=1S/C9H12ClNO3/c1-2-13-9(12)5-6(11)7-3-4-8(10)14-7/h3-4,6H,2,5,11H2,1H3/t6-/m1/s1. The second kappa shape index (κ2) is 5.02. The number of hydrogen-bond acceptors (Lipinski definition) is 4. The van der Waals surface area contributed by atoms with E-state index in [1.54, 1.807) is 19.1 Å². The zero-order valence-corrected chi connectivity index (χ0v) is 8.58. The molecule has 0 saturated carbocycles. The summed E-state index contributed by atoms with van der Waals surface area (Å²) in [7, 11) is 0. The Morgan fingerprint density at radius 2 is 2.43 bits per heavy atom. The minimum atomic E-state index is -0.499. The number of furan rings is 1. The van der Waals surface area contributed by atoms with E-state index in [0.717, 1.165) is 0 Å². The number of carbonyl (C=O) groups is 1. The maximum absolute atomic E-state index is 11.1. The predicted octanol–water partition coefficient (Wildman–Crippen LogP) is 1.89. The average molecular weight is 218 g/mol. The summed E-state index contributed by atoms with van der Waals surface area (Å²) in [6.45, 7) is 2.09. The van der Waals surface area contributed by atoms with Crippen LogP contribution in [-0.4, -0.2) is 12.6 Å². The van der Waals surface area contributed by atoms with Crippen molar-refractivity contribution in [3.63, 3.8) is 0 Å². The van der Waals surface area contributed by atoms with Gasteiger partial charge in [-0.05, 0) is 30.7 Å². The molecule has 1 rings (SSSR count). The van der Waals surface area contributed by atoms with Gasteiger partial charge in [0.05, 0.1) is 19.1 Å². The highest BCUT2D eigenvalue weighted by Gasteiger charge is 2.15. The first-order valence-electron chi connectivity index (χ1n) is 4.30. The smallest absolute Gasteiger partial charge is 0.307 e. The molecule has 5 heteroatoms. The zero-order valence-electron chi connectivity index (χ0n) is 7.83. The molecule has 1 aromatic rings. The molecule has 78 valence electrons. The van der Waals surface area contributed by atoms with E-state index in [2.05, 4.69) is 0 Å². The molecule has 0 aliphatic heterocycles. The normalized spacial score (nSPS) is 12.5. The lowest BCUT2D eigenvalue weighted by Gasteiger charge is -2.07. The Hall–Kier alpha value is -1.00. The summed E-state index contributed by atoms with van der Waals surface area (Å²) in [5, 5.41) is 0.263. The van der Waals surface area contributed by atoms with Gasteiger partial charge in [-0.25, -0.2) is 0 Å². The van der Waals surface area contributed by atoms with E-state index >= 15 is 0 Å². The van der Waals surface area contributed by atoms with Crippen molar-refractivity contribution in [2.24, 2.45) is 5.73 Å². The zero-order chi connectivity index (χ0) is 10.6. The lowest BCUT2D eigenvalue weighted by molar-refractivity contribution is -0.143. The highest BCUT2D eigenvalue weighted by Crippen LogP contribution is 2.20. The molecule has 4 nitrogen and oxygen atoms in total. The lowest BCUT2D eigenvalue weighted by atomic mass is 10.2. The summed E-state index contributed by atoms with van der Waals surface area (Å²) in [6, 6.07) is 2.73. The van der Waals surface area contributed by atoms with Crippen LogP contribution in [0, 0.1) is 0 Å². The lowest BCUT2D eigenvalue weighted by Crippen LogP contribution is -2.16. The van der Waals surface area contributed by atoms with Gasteiger partial charge in [0, 0.05) is 0 Å². The quantitative estimate of drug-likeness (QED) is 0.783. The summed E-state index contributed by atoms with van der Waals surface area (Å²) in [5.41, 5.74) is 5.69. The number of carbonyl (C=O) groups excluding carboxylic acids is 1. The van der Waals surface area contributed by atoms with Crippen LogP contribution >= 0.6 is 11.6 Å². The van der Waals surface area contributed by atoms with E-state index in [1.807, 2.05) is 0 Å². The third kappa shape index (κ3) is 3.05. The molecule has 1 heterocycles. The van der Waals surface area contributed by atoms with Crippen LogP contribution in [-0.2, 0) is 9.53 Å². The Kier molecular flexibility index (Phi) is 3.98. The van der Waals surface area contributed by atoms with Crippen LogP contribution in [0.2, 0.25) is 5.22 Å². The van der Waals surface area contributed by atoms with Crippen molar-refractivity contribution >= 4 is 17.6 Å². The number of ether oxygens (including phenoxy) is 1. The first-order chi connectivity index (χ1) is 6.63. The molecule has 0 bridgehead atoms. The monoisotopic (exact) mass is 217 g/mol. The maximum atomic E-state index is 11.1. The highest BCUT2D eigenvalue weighted by atomic mass is 35.5. The van der Waals surface area contributed by atoms with Gasteiger partial charge in [0.1, 0.15) is 5.76 Å². The van der Waals surface area contributed by atoms with E-state index in [-0.39, 0.29) is 17.6 Å². The van der Waals surface area contributed by atoms with E-state index < -0.39 is 6.04 Å². The Bertz CT molecular complexity index is 311. The van der Waals surface area contributed by atoms with Crippen LogP contribution in [0.25, 0.3) is 0 Å². The number of hydrogen-bond donors (Lipinski definition) is 1. The van der Waals surface area contributed by atoms with Crippen molar-refractivity contribution in [3.05, 3.63) is 23.1 Å². The van der Waals surface area contributed by atoms with Crippen molar-refractivity contribution in [2.75, 3.05) is 6.61 Å². The molecule has 0 aromatic carbocycles. The number of halogens is 1. The highest BCUT2D eigenvalue weighted by molar-refractivity contribution is 6.28. The van der Waals surface area contributed by atoms with Crippen LogP contribution in [0.15, 0.2) is 16.5 Å². The molecule has 0 aliphatic rings. The van der Waals surface area contributed by atoms with Gasteiger partial charge >= 0.3 is 5.97 Å². The van der Waals surface area contributed by atoms with Gasteiger partial charge in [-0.2, -0.15) is 0 Å². The summed E-state index contributed by atoms with van der Waals surface area (Å²) in [5.74, 6) is 0.149. The first kappa shape index (κ1) is 11.1. The summed E-state index contributed by atoms with van der Waals surface area (Å²) in [6.07, 6.45) is 0.0949. The molecule has 1 atom stereocenters. The molecule has 2 N–H and O–H groups in total. The minimum absolute atomic E-state index is 0.0949. The fourth-order valence-electron chi connectivity index (χ4n) is 1.03. The molecular weight excluding hydrogens is 206 g/mol. The molecule has 0 radical (unpaired) electrons. The molecule has 0 unspecified atom stereocenters. The van der Waals surface area contributed by atoms with E-state index in [1.165, 1.54) is 0 Å². The second-order valence-electron chi connectivity index (χ2n) is 2.76. The second-order valence-corrected chi connectivity index (χ2v) is 3.13. The topological polar surface area (TPSA) is 65.5 Å². The molecule has 0 aliphatic carbocycles. The van der Waals surface area contributed by atoms with E-state index in [9.17, 15) is 4.79 Å². The van der Waals surface area contributed by atoms with Crippen molar-refractivity contribution in [1.82, 2.24) is 0 Å². The molecular formula is C9H12ClNO3. The third-order valence-electron chi connectivity index (χ3n) is 1.65. The van der Waals surface area contributed by atoms with Gasteiger partial charge in [-0.3, -0.25) is 4.79 Å². The van der Waals surface area contributed by atoms with Crippen molar-refractivity contribution in [3.8, 4) is 0 Å². The van der Waals surface area contributed by atoms with Crippen molar-refractivity contribution in [2.45, 2.75) is 19.4 Å². The predicted molar refractivity (Wildman–Crippen MR) is 51.9 cm³/mol. The fraction of sp³-hybridized carbons (Fsp3) is 0.444. The SMILES string of the molecule is CCOC(=O)C[C@@H](N)c1ccc(Cl)o1. The van der Waals surface area contributed by atoms with Gasteiger partial charge in [-0.15, -0.1) is 0 Å². The van der Waals surface area contributed by atoms with Gasteiger partial charge in [0.25, 0.3) is 0 Å². The van der Waals surface area contributed by atoms with Gasteiger partial charge in [0.2, 0.25) is 0 Å². The van der Waals surface area contributed by atoms with Crippen LogP contribution in [0.5, 0.6) is 0 Å². The Labute approximate surface area is 87.0 Å². The summed E-state index contributed by atoms with van der Waals surface area (Å²) in [4.78, 5) is 11.1. The van der Waals surface area contributed by atoms with Crippen LogP contribution < -0.4 is 5.73 Å². The Morgan fingerprint density at radius 3 is 2.93 bits per heavy atom. The number of nitrogens with two attached hydrogens (primary N) is 1. The van der Waals surface area contributed by atoms with Gasteiger partial charge < -0.3 is 14.9 Å². The Morgan fingerprint density at radius 1 is 1.71 bits per heavy atom. The molecule has 1 aromatic heterocycles. The van der Waals surface area contributed by atoms with Crippen LogP contribution in [0.4, 0.5) is 0 Å². The summed E-state index contributed by atoms with van der Waals surface area (Å²) >= 11 is 5.56. The molecule has 14 heavy (non-hydrogen) atoms. The first-order valence-corrected chi connectivity index (χ1v) is 4.67. The molecule has 0 amide bonds.